The number of rotatable bonds is 4. The summed E-state index contributed by atoms with van der Waals surface area (Å²) in [4.78, 5) is 21.5. The molecule has 1 atom stereocenters. The highest BCUT2D eigenvalue weighted by Gasteiger charge is 2.30. The molecule has 0 saturated heterocycles. The Labute approximate surface area is 145 Å². The number of amidine groups is 1. The van der Waals surface area contributed by atoms with E-state index < -0.39 is 6.04 Å². The van der Waals surface area contributed by atoms with E-state index in [0.717, 1.165) is 22.5 Å². The van der Waals surface area contributed by atoms with Crippen LogP contribution in [0.4, 0.5) is 0 Å². The predicted octanol–water partition coefficient (Wildman–Crippen LogP) is 3.38. The van der Waals surface area contributed by atoms with Crippen LogP contribution in [0.3, 0.4) is 0 Å². The van der Waals surface area contributed by atoms with E-state index in [0.29, 0.717) is 18.0 Å². The van der Waals surface area contributed by atoms with E-state index in [-0.39, 0.29) is 5.97 Å². The van der Waals surface area contributed by atoms with Crippen molar-refractivity contribution in [3.63, 3.8) is 0 Å². The summed E-state index contributed by atoms with van der Waals surface area (Å²) in [6.07, 6.45) is 0. The maximum absolute atomic E-state index is 12.4. The van der Waals surface area contributed by atoms with Crippen LogP contribution in [0.1, 0.15) is 36.7 Å². The van der Waals surface area contributed by atoms with E-state index in [1.54, 1.807) is 12.4 Å². The van der Waals surface area contributed by atoms with Gasteiger partial charge in [0.25, 0.3) is 0 Å². The Balaban J connectivity index is 2.06. The normalized spacial score (nSPS) is 17.3. The molecule has 5 nitrogen and oxygen atoms in total. The van der Waals surface area contributed by atoms with Gasteiger partial charge in [0, 0.05) is 11.1 Å². The van der Waals surface area contributed by atoms with E-state index in [4.69, 9.17) is 9.73 Å². The van der Waals surface area contributed by atoms with Gasteiger partial charge in [0.1, 0.15) is 11.7 Å². The van der Waals surface area contributed by atoms with Crippen LogP contribution in [-0.4, -0.2) is 23.4 Å². The second-order valence-electron chi connectivity index (χ2n) is 5.55. The van der Waals surface area contributed by atoms with Crippen LogP contribution in [0, 0.1) is 6.92 Å². The number of allylic oxidation sites excluding steroid dienone is 1. The van der Waals surface area contributed by atoms with E-state index in [1.165, 1.54) is 11.3 Å². The zero-order valence-electron chi connectivity index (χ0n) is 13.9. The van der Waals surface area contributed by atoms with Crippen molar-refractivity contribution in [2.75, 3.05) is 6.61 Å². The molecule has 124 valence electrons. The molecule has 1 aromatic carbocycles. The lowest BCUT2D eigenvalue weighted by atomic mass is 9.95. The summed E-state index contributed by atoms with van der Waals surface area (Å²) in [7, 11) is 0. The Bertz CT molecular complexity index is 792. The minimum absolute atomic E-state index is 0.332. The van der Waals surface area contributed by atoms with Gasteiger partial charge in [0.2, 0.25) is 0 Å². The third-order valence-corrected chi connectivity index (χ3v) is 4.39. The Morgan fingerprint density at radius 3 is 2.67 bits per heavy atom. The molecule has 1 aliphatic rings. The van der Waals surface area contributed by atoms with Crippen LogP contribution in [0.2, 0.25) is 0 Å². The minimum Gasteiger partial charge on any atom is -0.463 e. The number of aryl methyl sites for hydroxylation is 1. The minimum atomic E-state index is -0.400. The van der Waals surface area contributed by atoms with Crippen molar-refractivity contribution in [3.8, 4) is 0 Å². The molecule has 0 radical (unpaired) electrons. The molecule has 3 rings (SSSR count). The van der Waals surface area contributed by atoms with E-state index in [1.807, 2.05) is 43.5 Å². The van der Waals surface area contributed by atoms with Crippen LogP contribution in [0.25, 0.3) is 0 Å². The molecule has 1 aromatic heterocycles. The number of aliphatic imine (C=N–C) groups is 1. The SMILES string of the molecule is CCOC(=O)C1=C(C)NC(c2cscn2)=N[C@H]1c1ccc(C)cc1. The van der Waals surface area contributed by atoms with Crippen LogP contribution in [-0.2, 0) is 9.53 Å². The Morgan fingerprint density at radius 2 is 2.04 bits per heavy atom. The van der Waals surface area contributed by atoms with Crippen molar-refractivity contribution < 1.29 is 9.53 Å². The van der Waals surface area contributed by atoms with Crippen molar-refractivity contribution in [3.05, 3.63) is 63.2 Å². The second kappa shape index (κ2) is 6.97. The maximum atomic E-state index is 12.4. The smallest absolute Gasteiger partial charge is 0.338 e. The molecular formula is C18H19N3O2S. The number of carbonyl (C=O) groups is 1. The van der Waals surface area contributed by atoms with E-state index in [9.17, 15) is 4.79 Å². The summed E-state index contributed by atoms with van der Waals surface area (Å²) in [5.74, 6) is 0.335. The number of carbonyl (C=O) groups excluding carboxylic acids is 1. The standard InChI is InChI=1S/C18H19N3O2S/c1-4-23-18(22)15-12(3)20-17(14-9-24-10-19-14)21-16(15)13-7-5-11(2)6-8-13/h5-10,16H,4H2,1-3H3,(H,20,21)/t16-/m0/s1. The first-order valence-corrected chi connectivity index (χ1v) is 8.72. The third kappa shape index (κ3) is 3.23. The molecule has 24 heavy (non-hydrogen) atoms. The number of aromatic nitrogens is 1. The Kier molecular flexibility index (Phi) is 4.76. The number of nitrogens with zero attached hydrogens (tertiary/aromatic N) is 2. The fraction of sp³-hybridized carbons (Fsp3) is 0.278. The van der Waals surface area contributed by atoms with Gasteiger partial charge < -0.3 is 10.1 Å². The van der Waals surface area contributed by atoms with Gasteiger partial charge in [-0.3, -0.25) is 4.99 Å². The zero-order chi connectivity index (χ0) is 17.1. The average molecular weight is 341 g/mol. The lowest BCUT2D eigenvalue weighted by Crippen LogP contribution is -2.33. The highest BCUT2D eigenvalue weighted by atomic mass is 32.1. The van der Waals surface area contributed by atoms with Crippen molar-refractivity contribution in [2.24, 2.45) is 4.99 Å². The van der Waals surface area contributed by atoms with Gasteiger partial charge in [0.05, 0.1) is 17.7 Å². The summed E-state index contributed by atoms with van der Waals surface area (Å²) in [6, 6.07) is 7.64. The van der Waals surface area contributed by atoms with Crippen molar-refractivity contribution in [1.82, 2.24) is 10.3 Å². The molecule has 0 aliphatic carbocycles. The Morgan fingerprint density at radius 1 is 1.29 bits per heavy atom. The quantitative estimate of drug-likeness (QED) is 0.866. The second-order valence-corrected chi connectivity index (χ2v) is 6.27. The molecule has 0 amide bonds. The highest BCUT2D eigenvalue weighted by Crippen LogP contribution is 2.32. The van der Waals surface area contributed by atoms with Gasteiger partial charge in [-0.2, -0.15) is 0 Å². The van der Waals surface area contributed by atoms with Gasteiger partial charge >= 0.3 is 5.97 Å². The van der Waals surface area contributed by atoms with E-state index in [2.05, 4.69) is 10.3 Å². The molecule has 2 heterocycles. The van der Waals surface area contributed by atoms with Crippen molar-refractivity contribution in [1.29, 1.82) is 0 Å². The first kappa shape index (κ1) is 16.4. The molecule has 1 N–H and O–H groups in total. The number of hydrogen-bond acceptors (Lipinski definition) is 6. The number of nitrogens with one attached hydrogen (secondary N) is 1. The van der Waals surface area contributed by atoms with E-state index >= 15 is 0 Å². The predicted molar refractivity (Wildman–Crippen MR) is 95.0 cm³/mol. The third-order valence-electron chi connectivity index (χ3n) is 3.80. The van der Waals surface area contributed by atoms with Crippen molar-refractivity contribution in [2.45, 2.75) is 26.8 Å². The zero-order valence-corrected chi connectivity index (χ0v) is 14.7. The average Bonchev–Trinajstić information content (AvgIpc) is 3.09. The Hall–Kier alpha value is -2.47. The molecule has 2 aromatic rings. The molecule has 6 heteroatoms. The summed E-state index contributed by atoms with van der Waals surface area (Å²) in [6.45, 7) is 6.03. The molecule has 0 fully saturated rings. The fourth-order valence-corrected chi connectivity index (χ4v) is 3.14. The lowest BCUT2D eigenvalue weighted by molar-refractivity contribution is -0.138. The fourth-order valence-electron chi connectivity index (χ4n) is 2.60. The van der Waals surface area contributed by atoms with Gasteiger partial charge in [-0.15, -0.1) is 11.3 Å². The first-order chi connectivity index (χ1) is 11.6. The molecular weight excluding hydrogens is 322 g/mol. The highest BCUT2D eigenvalue weighted by molar-refractivity contribution is 7.07. The molecule has 0 saturated carbocycles. The van der Waals surface area contributed by atoms with Gasteiger partial charge in [-0.05, 0) is 26.3 Å². The lowest BCUT2D eigenvalue weighted by Gasteiger charge is -2.25. The summed E-state index contributed by atoms with van der Waals surface area (Å²) in [5, 5.41) is 5.12. The first-order valence-electron chi connectivity index (χ1n) is 7.78. The number of ether oxygens (including phenoxy) is 1. The van der Waals surface area contributed by atoms with Crippen molar-refractivity contribution >= 4 is 23.1 Å². The van der Waals surface area contributed by atoms with Crippen LogP contribution in [0.15, 0.2) is 51.4 Å². The number of benzene rings is 1. The number of thiazole rings is 1. The maximum Gasteiger partial charge on any atom is 0.338 e. The summed E-state index contributed by atoms with van der Waals surface area (Å²) in [5.41, 5.74) is 5.95. The number of esters is 1. The van der Waals surface area contributed by atoms with Gasteiger partial charge in [-0.1, -0.05) is 29.8 Å². The monoisotopic (exact) mass is 341 g/mol. The molecule has 0 spiro atoms. The van der Waals surface area contributed by atoms with Crippen LogP contribution >= 0.6 is 11.3 Å². The summed E-state index contributed by atoms with van der Waals surface area (Å²) < 4.78 is 5.23. The van der Waals surface area contributed by atoms with Gasteiger partial charge in [0.15, 0.2) is 5.84 Å². The largest absolute Gasteiger partial charge is 0.463 e. The topological polar surface area (TPSA) is 63.6 Å². The summed E-state index contributed by atoms with van der Waals surface area (Å²) >= 11 is 1.51. The molecule has 1 aliphatic heterocycles. The molecule has 0 unspecified atom stereocenters. The van der Waals surface area contributed by atoms with Crippen LogP contribution < -0.4 is 5.32 Å². The number of hydrogen-bond donors (Lipinski definition) is 1. The molecule has 0 bridgehead atoms. The van der Waals surface area contributed by atoms with Crippen LogP contribution in [0.5, 0.6) is 0 Å². The van der Waals surface area contributed by atoms with Gasteiger partial charge in [-0.25, -0.2) is 9.78 Å².